The standard InChI is InChI=1S/C13H24N2O4/c1-13(2,3)19-12(18)15-8-9-4-6-14-7-5-10(9)11(16)17/h9-10,14H,4-8H2,1-3H3,(H,15,18)(H,16,17). The van der Waals surface area contributed by atoms with Crippen molar-refractivity contribution in [1.29, 1.82) is 0 Å². The van der Waals surface area contributed by atoms with Gasteiger partial charge in [-0.15, -0.1) is 0 Å². The van der Waals surface area contributed by atoms with Crippen LogP contribution in [0.1, 0.15) is 33.6 Å². The van der Waals surface area contributed by atoms with Gasteiger partial charge in [-0.25, -0.2) is 4.79 Å². The molecule has 2 unspecified atom stereocenters. The fourth-order valence-electron chi connectivity index (χ4n) is 2.20. The van der Waals surface area contributed by atoms with E-state index >= 15 is 0 Å². The number of aliphatic carboxylic acids is 1. The summed E-state index contributed by atoms with van der Waals surface area (Å²) in [6.45, 7) is 7.21. The summed E-state index contributed by atoms with van der Waals surface area (Å²) >= 11 is 0. The van der Waals surface area contributed by atoms with Crippen LogP contribution in [0.4, 0.5) is 4.79 Å². The fourth-order valence-corrected chi connectivity index (χ4v) is 2.20. The van der Waals surface area contributed by atoms with Crippen LogP contribution in [0.3, 0.4) is 0 Å². The second-order valence-electron chi connectivity index (χ2n) is 5.91. The third kappa shape index (κ3) is 5.92. The molecule has 0 bridgehead atoms. The second kappa shape index (κ2) is 6.75. The number of carbonyl (C=O) groups is 2. The molecule has 1 aliphatic heterocycles. The van der Waals surface area contributed by atoms with Crippen molar-refractivity contribution in [1.82, 2.24) is 10.6 Å². The maximum atomic E-state index is 11.6. The van der Waals surface area contributed by atoms with Crippen LogP contribution in [0.2, 0.25) is 0 Å². The van der Waals surface area contributed by atoms with Gasteiger partial charge in [-0.2, -0.15) is 0 Å². The summed E-state index contributed by atoms with van der Waals surface area (Å²) in [7, 11) is 0. The molecule has 1 aliphatic rings. The molecule has 6 heteroatoms. The summed E-state index contributed by atoms with van der Waals surface area (Å²) in [6.07, 6.45) is 0.844. The Morgan fingerprint density at radius 2 is 1.95 bits per heavy atom. The van der Waals surface area contributed by atoms with E-state index in [0.29, 0.717) is 19.5 Å². The third-order valence-electron chi connectivity index (χ3n) is 3.12. The molecule has 1 rings (SSSR count). The molecular formula is C13H24N2O4. The quantitative estimate of drug-likeness (QED) is 0.719. The van der Waals surface area contributed by atoms with Crippen LogP contribution in [0.25, 0.3) is 0 Å². The van der Waals surface area contributed by atoms with Gasteiger partial charge in [0.25, 0.3) is 0 Å². The number of hydrogen-bond donors (Lipinski definition) is 3. The molecule has 6 nitrogen and oxygen atoms in total. The van der Waals surface area contributed by atoms with Gasteiger partial charge < -0.3 is 20.5 Å². The first-order valence-corrected chi connectivity index (χ1v) is 6.70. The van der Waals surface area contributed by atoms with Gasteiger partial charge in [0.15, 0.2) is 0 Å². The monoisotopic (exact) mass is 272 g/mol. The van der Waals surface area contributed by atoms with Crippen LogP contribution in [0.5, 0.6) is 0 Å². The lowest BCUT2D eigenvalue weighted by atomic mass is 9.88. The third-order valence-corrected chi connectivity index (χ3v) is 3.12. The van der Waals surface area contributed by atoms with E-state index in [2.05, 4.69) is 10.6 Å². The van der Waals surface area contributed by atoms with Crippen LogP contribution >= 0.6 is 0 Å². The lowest BCUT2D eigenvalue weighted by Crippen LogP contribution is -2.38. The molecule has 0 aromatic rings. The average molecular weight is 272 g/mol. The van der Waals surface area contributed by atoms with Gasteiger partial charge in [0, 0.05) is 6.54 Å². The predicted molar refractivity (Wildman–Crippen MR) is 71.0 cm³/mol. The highest BCUT2D eigenvalue weighted by Crippen LogP contribution is 2.21. The van der Waals surface area contributed by atoms with E-state index in [1.54, 1.807) is 20.8 Å². The van der Waals surface area contributed by atoms with Crippen LogP contribution in [-0.2, 0) is 9.53 Å². The first-order valence-electron chi connectivity index (χ1n) is 6.70. The maximum absolute atomic E-state index is 11.6. The van der Waals surface area contributed by atoms with Crippen LogP contribution < -0.4 is 10.6 Å². The van der Waals surface area contributed by atoms with E-state index in [4.69, 9.17) is 4.74 Å². The van der Waals surface area contributed by atoms with Gasteiger partial charge in [-0.05, 0) is 52.6 Å². The largest absolute Gasteiger partial charge is 0.481 e. The predicted octanol–water partition coefficient (Wildman–Crippen LogP) is 1.21. The number of nitrogens with one attached hydrogen (secondary N) is 2. The average Bonchev–Trinajstić information content (AvgIpc) is 2.48. The molecule has 0 aromatic heterocycles. The van der Waals surface area contributed by atoms with Gasteiger partial charge in [0.2, 0.25) is 0 Å². The number of ether oxygens (including phenoxy) is 1. The fraction of sp³-hybridized carbons (Fsp3) is 0.846. The van der Waals surface area contributed by atoms with E-state index < -0.39 is 23.6 Å². The Morgan fingerprint density at radius 1 is 1.32 bits per heavy atom. The number of hydrogen-bond acceptors (Lipinski definition) is 4. The molecule has 1 fully saturated rings. The van der Waals surface area contributed by atoms with Crippen molar-refractivity contribution in [2.75, 3.05) is 19.6 Å². The normalized spacial score (nSPS) is 24.4. The minimum atomic E-state index is -0.792. The van der Waals surface area contributed by atoms with Crippen molar-refractivity contribution in [2.24, 2.45) is 11.8 Å². The molecule has 0 radical (unpaired) electrons. The van der Waals surface area contributed by atoms with E-state index in [9.17, 15) is 14.7 Å². The zero-order valence-electron chi connectivity index (χ0n) is 11.9. The Balaban J connectivity index is 2.48. The number of alkyl carbamates (subject to hydrolysis) is 1. The van der Waals surface area contributed by atoms with Crippen molar-refractivity contribution in [3.8, 4) is 0 Å². The highest BCUT2D eigenvalue weighted by molar-refractivity contribution is 5.71. The van der Waals surface area contributed by atoms with Gasteiger partial charge in [-0.3, -0.25) is 4.79 Å². The minimum absolute atomic E-state index is 0.0555. The van der Waals surface area contributed by atoms with E-state index in [0.717, 1.165) is 13.0 Å². The van der Waals surface area contributed by atoms with Crippen molar-refractivity contribution in [2.45, 2.75) is 39.2 Å². The maximum Gasteiger partial charge on any atom is 0.407 e. The molecular weight excluding hydrogens is 248 g/mol. The lowest BCUT2D eigenvalue weighted by Gasteiger charge is -2.23. The Hall–Kier alpha value is -1.30. The molecule has 0 saturated carbocycles. The van der Waals surface area contributed by atoms with Crippen molar-refractivity contribution >= 4 is 12.1 Å². The SMILES string of the molecule is CC(C)(C)OC(=O)NCC1CCNCCC1C(=O)O. The Kier molecular flexibility index (Phi) is 5.60. The molecule has 0 aliphatic carbocycles. The molecule has 1 heterocycles. The Labute approximate surface area is 113 Å². The number of rotatable bonds is 3. The molecule has 3 N–H and O–H groups in total. The number of amides is 1. The van der Waals surface area contributed by atoms with Crippen molar-refractivity contribution < 1.29 is 19.4 Å². The molecule has 1 amide bonds. The van der Waals surface area contributed by atoms with Gasteiger partial charge in [0.05, 0.1) is 5.92 Å². The molecule has 2 atom stereocenters. The summed E-state index contributed by atoms with van der Waals surface area (Å²) in [4.78, 5) is 22.8. The molecule has 0 aromatic carbocycles. The summed E-state index contributed by atoms with van der Waals surface area (Å²) in [6, 6.07) is 0. The van der Waals surface area contributed by atoms with Crippen molar-refractivity contribution in [3.63, 3.8) is 0 Å². The van der Waals surface area contributed by atoms with E-state index in [1.165, 1.54) is 0 Å². The first-order chi connectivity index (χ1) is 8.79. The minimum Gasteiger partial charge on any atom is -0.481 e. The van der Waals surface area contributed by atoms with E-state index in [-0.39, 0.29) is 5.92 Å². The number of carbonyl (C=O) groups excluding carboxylic acids is 1. The smallest absolute Gasteiger partial charge is 0.407 e. The van der Waals surface area contributed by atoms with Crippen LogP contribution in [-0.4, -0.2) is 42.4 Å². The Bertz CT molecular complexity index is 325. The number of carboxylic acids is 1. The number of carboxylic acid groups (broad SMARTS) is 1. The van der Waals surface area contributed by atoms with Crippen LogP contribution in [0.15, 0.2) is 0 Å². The summed E-state index contributed by atoms with van der Waals surface area (Å²) in [5.41, 5.74) is -0.540. The first kappa shape index (κ1) is 15.8. The lowest BCUT2D eigenvalue weighted by molar-refractivity contribution is -0.143. The topological polar surface area (TPSA) is 87.7 Å². The Morgan fingerprint density at radius 3 is 2.53 bits per heavy atom. The summed E-state index contributed by atoms with van der Waals surface area (Å²) in [5, 5.41) is 15.1. The highest BCUT2D eigenvalue weighted by Gasteiger charge is 2.30. The van der Waals surface area contributed by atoms with Gasteiger partial charge in [-0.1, -0.05) is 0 Å². The molecule has 0 spiro atoms. The van der Waals surface area contributed by atoms with Gasteiger partial charge >= 0.3 is 12.1 Å². The van der Waals surface area contributed by atoms with Crippen LogP contribution in [0, 0.1) is 11.8 Å². The molecule has 1 saturated heterocycles. The molecule has 19 heavy (non-hydrogen) atoms. The summed E-state index contributed by atoms with van der Waals surface area (Å²) in [5.74, 6) is -1.26. The summed E-state index contributed by atoms with van der Waals surface area (Å²) < 4.78 is 5.14. The van der Waals surface area contributed by atoms with Gasteiger partial charge in [0.1, 0.15) is 5.60 Å². The second-order valence-corrected chi connectivity index (χ2v) is 5.91. The highest BCUT2D eigenvalue weighted by atomic mass is 16.6. The van der Waals surface area contributed by atoms with Crippen molar-refractivity contribution in [3.05, 3.63) is 0 Å². The molecule has 110 valence electrons. The zero-order valence-corrected chi connectivity index (χ0v) is 11.9. The zero-order chi connectivity index (χ0) is 14.5. The van der Waals surface area contributed by atoms with E-state index in [1.807, 2.05) is 0 Å².